The van der Waals surface area contributed by atoms with Crippen LogP contribution in [0.25, 0.3) is 88.6 Å². The molecule has 638 valence electrons. The number of aliphatic hydroxyl groups is 1. The maximum atomic E-state index is 12.4. The number of nitrogens with one attached hydrogen (secondary N) is 7. The molecule has 4 aliphatic carbocycles. The molecule has 8 heterocycles. The van der Waals surface area contributed by atoms with Gasteiger partial charge in [0.1, 0.15) is 23.0 Å². The number of nitrogens with zero attached hydrogens (tertiary/aromatic N) is 6. The monoisotopic (exact) mass is 1660 g/mol. The topological polar surface area (TPSA) is 453 Å². The summed E-state index contributed by atoms with van der Waals surface area (Å²) in [5.74, 6) is -7.40. The van der Waals surface area contributed by atoms with E-state index in [2.05, 4.69) is 156 Å². The Labute approximate surface area is 695 Å². The first-order valence-electron chi connectivity index (χ1n) is 40.7. The zero-order chi connectivity index (χ0) is 86.9. The molecular formula is C90H105N13O18. The number of carboxylic acids is 4. The summed E-state index contributed by atoms with van der Waals surface area (Å²) in [6, 6.07) is 25.5. The molecule has 0 aliphatic heterocycles. The number of carboxylic acid groups (broad SMARTS) is 4. The number of aromatic nitrogens is 8. The number of carbonyl (C=O) groups is 4. The predicted molar refractivity (Wildman–Crippen MR) is 462 cm³/mol. The molecule has 1 atom stereocenters. The highest BCUT2D eigenvalue weighted by atomic mass is 16.5. The van der Waals surface area contributed by atoms with Gasteiger partial charge in [-0.1, -0.05) is 6.92 Å². The molecule has 16 N–H and O–H groups in total. The molecule has 0 fully saturated rings. The summed E-state index contributed by atoms with van der Waals surface area (Å²) in [6.45, 7) is 11.2. The highest BCUT2D eigenvalue weighted by molar-refractivity contribution is 5.98. The van der Waals surface area contributed by atoms with Crippen molar-refractivity contribution >= 4 is 67.5 Å². The van der Waals surface area contributed by atoms with Crippen LogP contribution in [-0.4, -0.2) is 192 Å². The van der Waals surface area contributed by atoms with Crippen molar-refractivity contribution in [2.75, 3.05) is 67.6 Å². The van der Waals surface area contributed by atoms with Crippen molar-refractivity contribution in [3.63, 3.8) is 0 Å². The number of aryl methyl sites for hydroxylation is 8. The van der Waals surface area contributed by atoms with Crippen LogP contribution in [0.4, 0.5) is 0 Å². The fourth-order valence-corrected chi connectivity index (χ4v) is 17.2. The molecule has 0 bridgehead atoms. The van der Waals surface area contributed by atoms with E-state index in [4.69, 9.17) is 9.84 Å². The number of hydrogen-bond donors (Lipinski definition) is 16. The number of aliphatic hydroxyl groups excluding tert-OH is 1. The number of aromatic carboxylic acids is 4. The van der Waals surface area contributed by atoms with Crippen molar-refractivity contribution in [2.24, 2.45) is 28.2 Å². The van der Waals surface area contributed by atoms with Gasteiger partial charge in [-0.25, -0.2) is 19.2 Å². The van der Waals surface area contributed by atoms with Gasteiger partial charge in [-0.05, 0) is 207 Å². The Morgan fingerprint density at radius 1 is 0.438 bits per heavy atom. The molecule has 16 rings (SSSR count). The Kier molecular flexibility index (Phi) is 25.9. The molecule has 0 spiro atoms. The molecule has 12 aromatic rings. The first-order chi connectivity index (χ1) is 57.8. The van der Waals surface area contributed by atoms with E-state index in [0.29, 0.717) is 103 Å². The quantitative estimate of drug-likeness (QED) is 0.0281. The number of rotatable bonds is 22. The highest BCUT2D eigenvalue weighted by Gasteiger charge is 2.32. The van der Waals surface area contributed by atoms with Gasteiger partial charge in [0, 0.05) is 205 Å². The summed E-state index contributed by atoms with van der Waals surface area (Å²) in [6.07, 6.45) is 9.16. The van der Waals surface area contributed by atoms with Crippen molar-refractivity contribution in [3.8, 4) is 68.0 Å². The number of benzene rings is 4. The van der Waals surface area contributed by atoms with Gasteiger partial charge >= 0.3 is 23.9 Å². The predicted octanol–water partition coefficient (Wildman–Crippen LogP) is 9.40. The maximum absolute atomic E-state index is 12.4. The summed E-state index contributed by atoms with van der Waals surface area (Å²) in [5.41, 5.74) is 15.1. The number of fused-ring (bicyclic) bond motifs is 16. The molecule has 0 saturated carbocycles. The van der Waals surface area contributed by atoms with Crippen LogP contribution in [0.2, 0.25) is 0 Å². The van der Waals surface area contributed by atoms with Gasteiger partial charge in [-0.3, -0.25) is 24.1 Å². The summed E-state index contributed by atoms with van der Waals surface area (Å²) in [5, 5.41) is 102. The summed E-state index contributed by atoms with van der Waals surface area (Å²) >= 11 is 0. The van der Waals surface area contributed by atoms with Gasteiger partial charge in [0.25, 0.3) is 22.2 Å². The Hall–Kier alpha value is -12.4. The van der Waals surface area contributed by atoms with E-state index in [1.165, 1.54) is 11.4 Å². The second-order valence-electron chi connectivity index (χ2n) is 32.1. The van der Waals surface area contributed by atoms with Gasteiger partial charge < -0.3 is 110 Å². The van der Waals surface area contributed by atoms with Gasteiger partial charge in [-0.2, -0.15) is 0 Å². The average Bonchev–Trinajstić information content (AvgIpc) is 1.66. The number of aromatic amines is 4. The van der Waals surface area contributed by atoms with Crippen molar-refractivity contribution in [1.29, 1.82) is 0 Å². The number of methoxy groups -OCH3 is 1. The van der Waals surface area contributed by atoms with Crippen LogP contribution < -0.4 is 38.2 Å². The van der Waals surface area contributed by atoms with Gasteiger partial charge in [0.2, 0.25) is 0 Å². The van der Waals surface area contributed by atoms with E-state index in [-0.39, 0.29) is 6.61 Å². The number of H-pyrrole nitrogens is 4. The van der Waals surface area contributed by atoms with Gasteiger partial charge in [0.05, 0.1) is 36.0 Å². The van der Waals surface area contributed by atoms with Crippen molar-refractivity contribution in [3.05, 3.63) is 204 Å². The molecule has 1 unspecified atom stereocenters. The van der Waals surface area contributed by atoms with E-state index in [1.54, 1.807) is 7.11 Å². The van der Waals surface area contributed by atoms with Crippen molar-refractivity contribution in [1.82, 2.24) is 64.0 Å². The van der Waals surface area contributed by atoms with Crippen LogP contribution in [0.15, 0.2) is 92.0 Å². The van der Waals surface area contributed by atoms with Crippen LogP contribution in [0.5, 0.6) is 23.0 Å². The second-order valence-corrected chi connectivity index (χ2v) is 32.1. The molecule has 0 radical (unpaired) electrons. The largest absolute Gasteiger partial charge is 0.506 e. The number of likely N-dealkylation sites (N-methyl/N-ethyl adjacent to an activating group) is 2. The van der Waals surface area contributed by atoms with E-state index in [1.807, 2.05) is 44.4 Å². The first-order valence-corrected chi connectivity index (χ1v) is 40.7. The third kappa shape index (κ3) is 17.4. The Morgan fingerprint density at radius 2 is 0.736 bits per heavy atom. The lowest BCUT2D eigenvalue weighted by molar-refractivity contribution is 0.0680. The van der Waals surface area contributed by atoms with Crippen LogP contribution in [-0.2, 0) is 110 Å². The van der Waals surface area contributed by atoms with Gasteiger partial charge in [0.15, 0.2) is 22.3 Å². The zero-order valence-electron chi connectivity index (χ0n) is 69.7. The number of pyridine rings is 4. The van der Waals surface area contributed by atoms with Crippen LogP contribution in [0.3, 0.4) is 0 Å². The normalized spacial score (nSPS) is 13.5. The number of hydrogen-bond acceptors (Lipinski definition) is 19. The zero-order valence-corrected chi connectivity index (χ0v) is 69.7. The fourth-order valence-electron chi connectivity index (χ4n) is 17.2. The second kappa shape index (κ2) is 36.3. The van der Waals surface area contributed by atoms with Crippen LogP contribution in [0, 0.1) is 0 Å². The molecule has 31 heteroatoms. The molecule has 0 saturated heterocycles. The maximum Gasteiger partial charge on any atom is 0.345 e. The standard InChI is InChI=1S/C24H30N4O4.C23H27N3O4.C22H25N3O5.C21H23N3O5/c1-26(2)8-9-27(3)13-16-10-15-11-18-14(12-19(15)28(16)4)6-5-7-17-21(18)25-23(30)20(22(17)29)24(31)32;1-4-12(2)24-11-15-8-14-9-17-13(10-18(14)26(15)3)6-5-7-16-20(17)25-22(28)19(21(16)27)23(29)30;1-25-14(11-23-6-7-30-2)8-13-9-16-12(10-17(13)25)4-3-5-15-19(16)24-21(27)18(20(15)26)22(28)29;1-24-13(10-22-5-6-25)7-12-8-15-11(9-16(12)24)3-2-4-14-18(15)23-20(27)17(19(14)26)21(28)29/h10-12H,5-9,13H2,1-4H3,(H,31,32)(H2,25,29,30);8-10,12,24H,4-7,11H2,1-3H3,(H,29,30)(H2,25,27,28);8-10,23H,3-7,11H2,1-2H3,(H,28,29)(H2,24,26,27);7-9,22,25H,2-6,10H2,1H3,(H,28,29)(H2,23,26,27). The Bertz CT molecular complexity index is 6340. The van der Waals surface area contributed by atoms with E-state index < -0.39 is 91.4 Å². The number of aromatic hydroxyl groups is 4. The number of ether oxygens (including phenoxy) is 1. The third-order valence-corrected chi connectivity index (χ3v) is 24.0. The lowest BCUT2D eigenvalue weighted by atomic mass is 9.98. The summed E-state index contributed by atoms with van der Waals surface area (Å²) in [7, 11) is 16.1. The van der Waals surface area contributed by atoms with Crippen molar-refractivity contribution in [2.45, 2.75) is 130 Å². The fraction of sp³-hybridized carbons (Fsp3) is 0.378. The highest BCUT2D eigenvalue weighted by Crippen LogP contribution is 2.44. The smallest absolute Gasteiger partial charge is 0.345 e. The molecule has 0 amide bonds. The molecule has 8 aromatic heterocycles. The molecule has 31 nitrogen and oxygen atoms in total. The van der Waals surface area contributed by atoms with E-state index >= 15 is 0 Å². The summed E-state index contributed by atoms with van der Waals surface area (Å²) < 4.78 is 13.7. The average molecular weight is 1660 g/mol. The minimum Gasteiger partial charge on any atom is -0.506 e. The van der Waals surface area contributed by atoms with Crippen LogP contribution in [0.1, 0.15) is 155 Å². The van der Waals surface area contributed by atoms with E-state index in [0.717, 1.165) is 190 Å². The van der Waals surface area contributed by atoms with Crippen LogP contribution >= 0.6 is 0 Å². The Morgan fingerprint density at radius 3 is 1.02 bits per heavy atom. The molecule has 121 heavy (non-hydrogen) atoms. The lowest BCUT2D eigenvalue weighted by Gasteiger charge is -2.19. The van der Waals surface area contributed by atoms with Crippen molar-refractivity contribution < 1.29 is 69.9 Å². The first kappa shape index (κ1) is 86.5. The molecule has 4 aliphatic rings. The molecular weight excluding hydrogens is 1550 g/mol. The minimum absolute atomic E-state index is 0.0736. The summed E-state index contributed by atoms with van der Waals surface area (Å²) in [4.78, 5) is 110. The Balaban J connectivity index is 0.000000139. The van der Waals surface area contributed by atoms with E-state index in [9.17, 15) is 79.2 Å². The lowest BCUT2D eigenvalue weighted by Crippen LogP contribution is -2.28. The third-order valence-electron chi connectivity index (χ3n) is 24.0. The minimum atomic E-state index is -1.44. The SMILES string of the molecule is CCC(C)NCc1cc2cc3c(cc2n1C)CCCc1c-3[nH]c(=O)c(C(=O)O)c1O.CN(C)CCN(C)Cc1cc2cc3c(cc2n1C)CCCc1c-3[nH]c(=O)c(C(=O)O)c1O.COCCNCc1cc2cc3c(cc2n1C)CCCc1c-3[nH]c(=O)c(C(=O)O)c1O.Cn1c(CNCCO)cc2cc3c(cc21)CCCc1c-3[nH]c(=O)c(C(=O)O)c1O. The molecule has 4 aromatic carbocycles. The van der Waals surface area contributed by atoms with Gasteiger partial charge in [-0.15, -0.1) is 0 Å².